The van der Waals surface area contributed by atoms with E-state index in [0.717, 1.165) is 27.5 Å². The maximum atomic E-state index is 12.2. The minimum atomic E-state index is -0.0841. The van der Waals surface area contributed by atoms with Crippen molar-refractivity contribution in [1.29, 1.82) is 0 Å². The van der Waals surface area contributed by atoms with Crippen LogP contribution < -0.4 is 5.56 Å². The third kappa shape index (κ3) is 3.24. The number of halogens is 3. The maximum Gasteiger partial charge on any atom is 0.264 e. The van der Waals surface area contributed by atoms with E-state index < -0.39 is 0 Å². The molecule has 1 aliphatic rings. The SMILES string of the molecule is O=c1[nH]c(-c2ncc(Br)cc2Br)nc(C2CCCC2)c1I. The average molecular weight is 525 g/mol. The van der Waals surface area contributed by atoms with E-state index in [0.29, 0.717) is 21.0 Å². The van der Waals surface area contributed by atoms with Gasteiger partial charge in [0, 0.05) is 21.1 Å². The van der Waals surface area contributed by atoms with Crippen LogP contribution in [0.4, 0.5) is 0 Å². The summed E-state index contributed by atoms with van der Waals surface area (Å²) in [4.78, 5) is 24.1. The normalized spacial score (nSPS) is 15.6. The van der Waals surface area contributed by atoms with Crippen molar-refractivity contribution in [1.82, 2.24) is 15.0 Å². The van der Waals surface area contributed by atoms with Crippen LogP contribution in [0.2, 0.25) is 0 Å². The van der Waals surface area contributed by atoms with Gasteiger partial charge in [-0.1, -0.05) is 12.8 Å². The molecule has 2 aromatic rings. The van der Waals surface area contributed by atoms with Crippen molar-refractivity contribution in [3.63, 3.8) is 0 Å². The predicted molar refractivity (Wildman–Crippen MR) is 97.4 cm³/mol. The molecule has 0 amide bonds. The standard InChI is InChI=1S/C14H12Br2IN3O/c15-8-5-9(16)12(18-6-8)13-19-11(7-3-1-2-4-7)10(17)14(21)20-13/h5-7H,1-4H2,(H,19,20,21). The molecule has 0 radical (unpaired) electrons. The van der Waals surface area contributed by atoms with E-state index in [-0.39, 0.29) is 5.56 Å². The molecule has 2 aromatic heterocycles. The van der Waals surface area contributed by atoms with Gasteiger partial charge in [-0.05, 0) is 73.4 Å². The number of pyridine rings is 1. The molecule has 7 heteroatoms. The molecule has 1 saturated carbocycles. The van der Waals surface area contributed by atoms with Crippen LogP contribution in [0.3, 0.4) is 0 Å². The number of nitrogens with zero attached hydrogens (tertiary/aromatic N) is 2. The molecule has 0 bridgehead atoms. The zero-order valence-corrected chi connectivity index (χ0v) is 16.3. The summed E-state index contributed by atoms with van der Waals surface area (Å²) in [5, 5.41) is 0. The molecular formula is C14H12Br2IN3O. The van der Waals surface area contributed by atoms with E-state index in [1.54, 1.807) is 6.20 Å². The van der Waals surface area contributed by atoms with Crippen LogP contribution in [0.1, 0.15) is 37.3 Å². The lowest BCUT2D eigenvalue weighted by Gasteiger charge is -2.12. The smallest absolute Gasteiger partial charge is 0.264 e. The van der Waals surface area contributed by atoms with Crippen molar-refractivity contribution in [3.8, 4) is 11.5 Å². The second kappa shape index (κ2) is 6.45. The molecule has 1 fully saturated rings. The van der Waals surface area contributed by atoms with Gasteiger partial charge in [0.25, 0.3) is 5.56 Å². The third-order valence-corrected chi connectivity index (χ3v) is 5.74. The highest BCUT2D eigenvalue weighted by Gasteiger charge is 2.23. The van der Waals surface area contributed by atoms with Crippen molar-refractivity contribution in [2.24, 2.45) is 0 Å². The third-order valence-electron chi connectivity index (χ3n) is 3.66. The lowest BCUT2D eigenvalue weighted by atomic mass is 10.0. The fourth-order valence-corrected chi connectivity index (χ4v) is 4.52. The van der Waals surface area contributed by atoms with E-state index in [1.165, 1.54) is 12.8 Å². The highest BCUT2D eigenvalue weighted by molar-refractivity contribution is 14.1. The molecule has 2 heterocycles. The predicted octanol–water partition coefficient (Wildman–Crippen LogP) is 4.62. The maximum absolute atomic E-state index is 12.2. The second-order valence-electron chi connectivity index (χ2n) is 5.08. The lowest BCUT2D eigenvalue weighted by Crippen LogP contribution is -2.18. The highest BCUT2D eigenvalue weighted by atomic mass is 127. The number of nitrogens with one attached hydrogen (secondary N) is 1. The van der Waals surface area contributed by atoms with Gasteiger partial charge < -0.3 is 4.98 Å². The number of aromatic nitrogens is 3. The summed E-state index contributed by atoms with van der Waals surface area (Å²) in [5.74, 6) is 0.925. The molecule has 1 aliphatic carbocycles. The topological polar surface area (TPSA) is 58.6 Å². The number of hydrogen-bond acceptors (Lipinski definition) is 3. The van der Waals surface area contributed by atoms with Crippen LogP contribution in [0.25, 0.3) is 11.5 Å². The van der Waals surface area contributed by atoms with Gasteiger partial charge in [-0.15, -0.1) is 0 Å². The zero-order valence-electron chi connectivity index (χ0n) is 11.0. The van der Waals surface area contributed by atoms with Gasteiger partial charge in [-0.3, -0.25) is 9.78 Å². The van der Waals surface area contributed by atoms with Crippen molar-refractivity contribution < 1.29 is 0 Å². The molecule has 110 valence electrons. The monoisotopic (exact) mass is 523 g/mol. The second-order valence-corrected chi connectivity index (χ2v) is 7.93. The summed E-state index contributed by atoms with van der Waals surface area (Å²) in [5.41, 5.74) is 1.49. The summed E-state index contributed by atoms with van der Waals surface area (Å²) >= 11 is 8.95. The molecular weight excluding hydrogens is 513 g/mol. The Bertz CT molecular complexity index is 741. The van der Waals surface area contributed by atoms with E-state index >= 15 is 0 Å². The molecule has 1 N–H and O–H groups in total. The van der Waals surface area contributed by atoms with Crippen LogP contribution in [0, 0.1) is 3.57 Å². The Labute approximate surface area is 152 Å². The molecule has 0 unspecified atom stereocenters. The Morgan fingerprint density at radius 3 is 2.67 bits per heavy atom. The first-order valence-electron chi connectivity index (χ1n) is 6.67. The first-order valence-corrected chi connectivity index (χ1v) is 9.34. The van der Waals surface area contributed by atoms with Crippen molar-refractivity contribution >= 4 is 54.5 Å². The van der Waals surface area contributed by atoms with Gasteiger partial charge in [0.05, 0.1) is 5.69 Å². The summed E-state index contributed by atoms with van der Waals surface area (Å²) in [6.45, 7) is 0. The van der Waals surface area contributed by atoms with E-state index in [4.69, 9.17) is 4.98 Å². The fourth-order valence-electron chi connectivity index (χ4n) is 2.65. The molecule has 0 aromatic carbocycles. The molecule has 0 atom stereocenters. The first-order chi connectivity index (χ1) is 10.1. The van der Waals surface area contributed by atoms with Gasteiger partial charge in [-0.2, -0.15) is 0 Å². The Morgan fingerprint density at radius 1 is 1.29 bits per heavy atom. The van der Waals surface area contributed by atoms with E-state index in [1.807, 2.05) is 6.07 Å². The quantitative estimate of drug-likeness (QED) is 0.583. The number of aromatic amines is 1. The Hall–Kier alpha value is -0.280. The van der Waals surface area contributed by atoms with Crippen LogP contribution in [-0.4, -0.2) is 15.0 Å². The lowest BCUT2D eigenvalue weighted by molar-refractivity contribution is 0.687. The van der Waals surface area contributed by atoms with Crippen molar-refractivity contribution in [3.05, 3.63) is 40.8 Å². The van der Waals surface area contributed by atoms with E-state index in [2.05, 4.69) is 64.4 Å². The van der Waals surface area contributed by atoms with Gasteiger partial charge >= 0.3 is 0 Å². The molecule has 0 aliphatic heterocycles. The van der Waals surface area contributed by atoms with Gasteiger partial charge in [-0.25, -0.2) is 4.98 Å². The van der Waals surface area contributed by atoms with Crippen LogP contribution in [-0.2, 0) is 0 Å². The van der Waals surface area contributed by atoms with Gasteiger partial charge in [0.15, 0.2) is 5.82 Å². The minimum absolute atomic E-state index is 0.0841. The number of rotatable bonds is 2. The molecule has 21 heavy (non-hydrogen) atoms. The Balaban J connectivity index is 2.13. The number of H-pyrrole nitrogens is 1. The van der Waals surface area contributed by atoms with Gasteiger partial charge in [0.1, 0.15) is 9.26 Å². The molecule has 0 saturated heterocycles. The average Bonchev–Trinajstić information content (AvgIpc) is 2.96. The van der Waals surface area contributed by atoms with Crippen LogP contribution >= 0.6 is 54.5 Å². The Morgan fingerprint density at radius 2 is 2.00 bits per heavy atom. The molecule has 3 rings (SSSR count). The summed E-state index contributed by atoms with van der Waals surface area (Å²) in [6.07, 6.45) is 6.35. The summed E-state index contributed by atoms with van der Waals surface area (Å²) in [6, 6.07) is 1.90. The van der Waals surface area contributed by atoms with Crippen LogP contribution in [0.5, 0.6) is 0 Å². The fraction of sp³-hybridized carbons (Fsp3) is 0.357. The molecule has 4 nitrogen and oxygen atoms in total. The van der Waals surface area contributed by atoms with Crippen molar-refractivity contribution in [2.45, 2.75) is 31.6 Å². The first kappa shape index (κ1) is 15.6. The highest BCUT2D eigenvalue weighted by Crippen LogP contribution is 2.35. The largest absolute Gasteiger partial charge is 0.304 e. The van der Waals surface area contributed by atoms with E-state index in [9.17, 15) is 4.79 Å². The van der Waals surface area contributed by atoms with Gasteiger partial charge in [0.2, 0.25) is 0 Å². The number of hydrogen-bond donors (Lipinski definition) is 1. The zero-order chi connectivity index (χ0) is 15.0. The van der Waals surface area contributed by atoms with Crippen LogP contribution in [0.15, 0.2) is 26.0 Å². The molecule has 0 spiro atoms. The minimum Gasteiger partial charge on any atom is -0.304 e. The van der Waals surface area contributed by atoms with Crippen molar-refractivity contribution in [2.75, 3.05) is 0 Å². The Kier molecular flexibility index (Phi) is 4.80. The summed E-state index contributed by atoms with van der Waals surface area (Å²) < 4.78 is 2.39. The summed E-state index contributed by atoms with van der Waals surface area (Å²) in [7, 11) is 0.